The lowest BCUT2D eigenvalue weighted by atomic mass is 10.3. The molecule has 1 N–H and O–H groups in total. The van der Waals surface area contributed by atoms with Crippen LogP contribution in [0.4, 0.5) is 5.69 Å². The van der Waals surface area contributed by atoms with Crippen LogP contribution in [0.15, 0.2) is 52.0 Å². The van der Waals surface area contributed by atoms with Gasteiger partial charge in [0.05, 0.1) is 23.5 Å². The molecule has 0 atom stereocenters. The molecular weight excluding hydrogens is 250 g/mol. The molecule has 4 nitrogen and oxygen atoms in total. The summed E-state index contributed by atoms with van der Waals surface area (Å²) in [6.45, 7) is 2.21. The zero-order valence-corrected chi connectivity index (χ0v) is 10.9. The highest BCUT2D eigenvalue weighted by atomic mass is 32.2. The number of hydrogen-bond acceptors (Lipinski definition) is 4. The minimum absolute atomic E-state index is 0.117. The molecule has 0 saturated heterocycles. The van der Waals surface area contributed by atoms with Crippen LogP contribution in [-0.2, 0) is 16.4 Å². The minimum Gasteiger partial charge on any atom is -0.467 e. The molecule has 0 spiro atoms. The topological polar surface area (TPSA) is 59.3 Å². The summed E-state index contributed by atoms with van der Waals surface area (Å²) in [4.78, 5) is 0.355. The lowest BCUT2D eigenvalue weighted by Crippen LogP contribution is -2.04. The molecule has 0 radical (unpaired) electrons. The van der Waals surface area contributed by atoms with Crippen LogP contribution in [0.25, 0.3) is 0 Å². The van der Waals surface area contributed by atoms with Crippen LogP contribution < -0.4 is 5.32 Å². The van der Waals surface area contributed by atoms with E-state index in [2.05, 4.69) is 5.32 Å². The second kappa shape index (κ2) is 5.27. The predicted molar refractivity (Wildman–Crippen MR) is 70.2 cm³/mol. The number of benzene rings is 1. The number of hydrogen-bond donors (Lipinski definition) is 1. The van der Waals surface area contributed by atoms with Crippen LogP contribution in [0.5, 0.6) is 0 Å². The van der Waals surface area contributed by atoms with Crippen molar-refractivity contribution in [2.75, 3.05) is 11.1 Å². The molecule has 0 fully saturated rings. The molecule has 0 aliphatic carbocycles. The second-order valence-electron chi connectivity index (χ2n) is 3.86. The van der Waals surface area contributed by atoms with Crippen molar-refractivity contribution < 1.29 is 12.8 Å². The molecule has 1 heterocycles. The van der Waals surface area contributed by atoms with Gasteiger partial charge in [-0.05, 0) is 36.4 Å². The summed E-state index contributed by atoms with van der Waals surface area (Å²) in [5.74, 6) is 0.951. The Kier molecular flexibility index (Phi) is 3.72. The fraction of sp³-hybridized carbons (Fsp3) is 0.231. The molecule has 0 unspecified atom stereocenters. The van der Waals surface area contributed by atoms with Gasteiger partial charge in [0.2, 0.25) is 0 Å². The van der Waals surface area contributed by atoms with Crippen molar-refractivity contribution in [1.29, 1.82) is 0 Å². The zero-order chi connectivity index (χ0) is 13.0. The molecule has 1 aromatic heterocycles. The van der Waals surface area contributed by atoms with E-state index in [1.807, 2.05) is 12.1 Å². The lowest BCUT2D eigenvalue weighted by Gasteiger charge is -2.06. The maximum absolute atomic E-state index is 11.6. The van der Waals surface area contributed by atoms with Gasteiger partial charge in [-0.1, -0.05) is 6.92 Å². The summed E-state index contributed by atoms with van der Waals surface area (Å²) in [7, 11) is -3.12. The zero-order valence-electron chi connectivity index (χ0n) is 10.1. The van der Waals surface area contributed by atoms with Crippen molar-refractivity contribution in [3.8, 4) is 0 Å². The lowest BCUT2D eigenvalue weighted by molar-refractivity contribution is 0.518. The summed E-state index contributed by atoms with van der Waals surface area (Å²) in [5.41, 5.74) is 0.862. The first-order chi connectivity index (χ1) is 8.62. The number of anilines is 1. The van der Waals surface area contributed by atoms with Crippen LogP contribution >= 0.6 is 0 Å². The third-order valence-electron chi connectivity index (χ3n) is 2.64. The summed E-state index contributed by atoms with van der Waals surface area (Å²) < 4.78 is 28.4. The quantitative estimate of drug-likeness (QED) is 0.903. The summed E-state index contributed by atoms with van der Waals surface area (Å²) in [6.07, 6.45) is 1.62. The van der Waals surface area contributed by atoms with Crippen LogP contribution in [0, 0.1) is 0 Å². The Morgan fingerprint density at radius 1 is 1.17 bits per heavy atom. The van der Waals surface area contributed by atoms with Gasteiger partial charge in [0.1, 0.15) is 5.76 Å². The molecule has 0 saturated carbocycles. The first-order valence-electron chi connectivity index (χ1n) is 5.71. The average molecular weight is 265 g/mol. The van der Waals surface area contributed by atoms with E-state index >= 15 is 0 Å². The van der Waals surface area contributed by atoms with Crippen LogP contribution in [-0.4, -0.2) is 14.2 Å². The molecule has 0 aliphatic rings. The maximum atomic E-state index is 11.6. The molecule has 0 amide bonds. The molecule has 96 valence electrons. The van der Waals surface area contributed by atoms with E-state index < -0.39 is 9.84 Å². The summed E-state index contributed by atoms with van der Waals surface area (Å²) in [5, 5.41) is 3.16. The highest BCUT2D eigenvalue weighted by Crippen LogP contribution is 2.16. The van der Waals surface area contributed by atoms with Gasteiger partial charge in [-0.25, -0.2) is 8.42 Å². The minimum atomic E-state index is -3.12. The van der Waals surface area contributed by atoms with Gasteiger partial charge in [0.25, 0.3) is 0 Å². The van der Waals surface area contributed by atoms with Crippen molar-refractivity contribution in [3.05, 3.63) is 48.4 Å². The number of furan rings is 1. The molecular formula is C13H15NO3S. The number of nitrogens with one attached hydrogen (secondary N) is 1. The van der Waals surface area contributed by atoms with E-state index in [0.29, 0.717) is 11.4 Å². The molecule has 18 heavy (non-hydrogen) atoms. The molecule has 0 bridgehead atoms. The molecule has 0 aliphatic heterocycles. The van der Waals surface area contributed by atoms with Crippen LogP contribution in [0.2, 0.25) is 0 Å². The Morgan fingerprint density at radius 2 is 1.89 bits per heavy atom. The van der Waals surface area contributed by atoms with E-state index in [0.717, 1.165) is 11.4 Å². The largest absolute Gasteiger partial charge is 0.467 e. The first kappa shape index (κ1) is 12.7. The summed E-state index contributed by atoms with van der Waals surface area (Å²) in [6, 6.07) is 10.4. The SMILES string of the molecule is CCS(=O)(=O)c1ccc(NCc2ccco2)cc1. The van der Waals surface area contributed by atoms with Gasteiger partial charge in [-0.3, -0.25) is 0 Å². The smallest absolute Gasteiger partial charge is 0.178 e. The van der Waals surface area contributed by atoms with Crippen molar-refractivity contribution in [1.82, 2.24) is 0 Å². The highest BCUT2D eigenvalue weighted by Gasteiger charge is 2.10. The Bertz CT molecular complexity index is 586. The Morgan fingerprint density at radius 3 is 2.44 bits per heavy atom. The van der Waals surface area contributed by atoms with Crippen LogP contribution in [0.1, 0.15) is 12.7 Å². The number of sulfone groups is 1. The Balaban J connectivity index is 2.04. The fourth-order valence-corrected chi connectivity index (χ4v) is 2.43. The highest BCUT2D eigenvalue weighted by molar-refractivity contribution is 7.91. The fourth-order valence-electron chi connectivity index (χ4n) is 1.55. The molecule has 1 aromatic carbocycles. The molecule has 5 heteroatoms. The van der Waals surface area contributed by atoms with Crippen molar-refractivity contribution in [2.45, 2.75) is 18.4 Å². The third kappa shape index (κ3) is 2.92. The number of rotatable bonds is 5. The van der Waals surface area contributed by atoms with E-state index in [4.69, 9.17) is 4.42 Å². The average Bonchev–Trinajstić information content (AvgIpc) is 2.90. The van der Waals surface area contributed by atoms with Crippen molar-refractivity contribution in [2.24, 2.45) is 0 Å². The van der Waals surface area contributed by atoms with Gasteiger partial charge >= 0.3 is 0 Å². The van der Waals surface area contributed by atoms with Crippen molar-refractivity contribution in [3.63, 3.8) is 0 Å². The monoisotopic (exact) mass is 265 g/mol. The molecule has 2 aromatic rings. The van der Waals surface area contributed by atoms with Gasteiger partial charge in [0, 0.05) is 5.69 Å². The van der Waals surface area contributed by atoms with E-state index in [1.54, 1.807) is 37.5 Å². The van der Waals surface area contributed by atoms with Crippen LogP contribution in [0.3, 0.4) is 0 Å². The van der Waals surface area contributed by atoms with Gasteiger partial charge in [0.15, 0.2) is 9.84 Å². The van der Waals surface area contributed by atoms with Gasteiger partial charge < -0.3 is 9.73 Å². The Labute approximate surface area is 107 Å². The third-order valence-corrected chi connectivity index (χ3v) is 4.39. The van der Waals surface area contributed by atoms with E-state index in [1.165, 1.54) is 0 Å². The maximum Gasteiger partial charge on any atom is 0.178 e. The normalized spacial score (nSPS) is 11.4. The summed E-state index contributed by atoms with van der Waals surface area (Å²) >= 11 is 0. The molecule has 2 rings (SSSR count). The first-order valence-corrected chi connectivity index (χ1v) is 7.36. The van der Waals surface area contributed by atoms with Gasteiger partial charge in [-0.2, -0.15) is 0 Å². The van der Waals surface area contributed by atoms with E-state index in [9.17, 15) is 8.42 Å². The Hall–Kier alpha value is -1.75. The van der Waals surface area contributed by atoms with Crippen molar-refractivity contribution >= 4 is 15.5 Å². The second-order valence-corrected chi connectivity index (χ2v) is 6.14. The van der Waals surface area contributed by atoms with Gasteiger partial charge in [-0.15, -0.1) is 0 Å². The predicted octanol–water partition coefficient (Wildman–Crippen LogP) is 2.69. The standard InChI is InChI=1S/C13H15NO3S/c1-2-18(15,16)13-7-5-11(6-8-13)14-10-12-4-3-9-17-12/h3-9,14H,2,10H2,1H3. The van der Waals surface area contributed by atoms with E-state index in [-0.39, 0.29) is 5.75 Å².